The Balaban J connectivity index is 2.53. The summed E-state index contributed by atoms with van der Waals surface area (Å²) in [6.45, 7) is 4.37. The molecular weight excluding hydrogens is 192 g/mol. The zero-order valence-corrected chi connectivity index (χ0v) is 9.03. The van der Waals surface area contributed by atoms with Gasteiger partial charge in [0.15, 0.2) is 0 Å². The molecule has 0 unspecified atom stereocenters. The van der Waals surface area contributed by atoms with Crippen LogP contribution in [0.1, 0.15) is 19.8 Å². The lowest BCUT2D eigenvalue weighted by molar-refractivity contribution is -0.155. The van der Waals surface area contributed by atoms with E-state index in [1.54, 1.807) is 4.90 Å². The Morgan fingerprint density at radius 3 is 2.20 bits per heavy atom. The van der Waals surface area contributed by atoms with Crippen molar-refractivity contribution in [2.45, 2.75) is 19.8 Å². The normalized spacial score (nSPS) is 16.8. The molecule has 0 aromatic heterocycles. The molecule has 15 heavy (non-hydrogen) atoms. The van der Waals surface area contributed by atoms with Crippen LogP contribution < -0.4 is 0 Å². The molecule has 0 aromatic rings. The van der Waals surface area contributed by atoms with Crippen molar-refractivity contribution in [3.05, 3.63) is 0 Å². The zero-order valence-electron chi connectivity index (χ0n) is 9.03. The molecule has 1 rings (SSSR count). The molecule has 1 aliphatic heterocycles. The summed E-state index contributed by atoms with van der Waals surface area (Å²) in [6.07, 6.45) is 6.50. The molecule has 0 radical (unpaired) electrons. The van der Waals surface area contributed by atoms with Crippen molar-refractivity contribution in [2.75, 3.05) is 26.2 Å². The average Bonchev–Trinajstić information content (AvgIpc) is 2.24. The van der Waals surface area contributed by atoms with Crippen LogP contribution in [0.5, 0.6) is 0 Å². The van der Waals surface area contributed by atoms with Crippen molar-refractivity contribution >= 4 is 11.8 Å². The number of hydrogen-bond donors (Lipinski definition) is 0. The minimum atomic E-state index is -0.412. The number of carbonyl (C=O) groups excluding carboxylic acids is 2. The Morgan fingerprint density at radius 1 is 1.20 bits per heavy atom. The monoisotopic (exact) mass is 208 g/mol. The van der Waals surface area contributed by atoms with Crippen LogP contribution in [0.15, 0.2) is 0 Å². The SMILES string of the molecule is C#CCCN1CCN(CCC)C(=O)C1=O. The summed E-state index contributed by atoms with van der Waals surface area (Å²) in [6, 6.07) is 0. The van der Waals surface area contributed by atoms with Crippen molar-refractivity contribution in [2.24, 2.45) is 0 Å². The molecule has 0 bridgehead atoms. The third-order valence-corrected chi connectivity index (χ3v) is 2.42. The van der Waals surface area contributed by atoms with Gasteiger partial charge in [0.25, 0.3) is 0 Å². The van der Waals surface area contributed by atoms with Crippen LogP contribution in [0.3, 0.4) is 0 Å². The molecule has 4 heteroatoms. The van der Waals surface area contributed by atoms with Crippen LogP contribution in [0.25, 0.3) is 0 Å². The van der Waals surface area contributed by atoms with Crippen LogP contribution in [0, 0.1) is 12.3 Å². The summed E-state index contributed by atoms with van der Waals surface area (Å²) in [4.78, 5) is 26.3. The Hall–Kier alpha value is -1.50. The predicted octanol–water partition coefficient (Wildman–Crippen LogP) is 0.0905. The molecule has 0 spiro atoms. The minimum absolute atomic E-state index is 0.389. The molecule has 2 amide bonds. The van der Waals surface area contributed by atoms with E-state index in [2.05, 4.69) is 5.92 Å². The van der Waals surface area contributed by atoms with Crippen molar-refractivity contribution in [3.8, 4) is 12.3 Å². The number of rotatable bonds is 4. The van der Waals surface area contributed by atoms with Gasteiger partial charge in [0.2, 0.25) is 0 Å². The van der Waals surface area contributed by atoms with E-state index >= 15 is 0 Å². The third-order valence-electron chi connectivity index (χ3n) is 2.42. The Morgan fingerprint density at radius 2 is 1.73 bits per heavy atom. The van der Waals surface area contributed by atoms with Crippen LogP contribution in [-0.2, 0) is 9.59 Å². The maximum absolute atomic E-state index is 11.6. The van der Waals surface area contributed by atoms with E-state index < -0.39 is 5.91 Å². The van der Waals surface area contributed by atoms with Gasteiger partial charge in [0, 0.05) is 32.6 Å². The second kappa shape index (κ2) is 5.40. The lowest BCUT2D eigenvalue weighted by Gasteiger charge is -2.33. The quantitative estimate of drug-likeness (QED) is 0.485. The molecule has 1 fully saturated rings. The van der Waals surface area contributed by atoms with E-state index in [-0.39, 0.29) is 5.91 Å². The minimum Gasteiger partial charge on any atom is -0.333 e. The number of hydrogen-bond acceptors (Lipinski definition) is 2. The van der Waals surface area contributed by atoms with E-state index in [0.29, 0.717) is 32.6 Å². The summed E-state index contributed by atoms with van der Waals surface area (Å²) in [5.74, 6) is 1.67. The molecule has 0 saturated carbocycles. The van der Waals surface area contributed by atoms with Gasteiger partial charge in [-0.05, 0) is 6.42 Å². The number of piperazine rings is 1. The van der Waals surface area contributed by atoms with Gasteiger partial charge in [-0.15, -0.1) is 12.3 Å². The molecule has 1 saturated heterocycles. The van der Waals surface area contributed by atoms with E-state index in [1.165, 1.54) is 4.90 Å². The van der Waals surface area contributed by atoms with Crippen LogP contribution >= 0.6 is 0 Å². The van der Waals surface area contributed by atoms with Gasteiger partial charge in [-0.3, -0.25) is 9.59 Å². The van der Waals surface area contributed by atoms with Crippen molar-refractivity contribution < 1.29 is 9.59 Å². The molecular formula is C11H16N2O2. The summed E-state index contributed by atoms with van der Waals surface area (Å²) < 4.78 is 0. The number of terminal acetylenes is 1. The highest BCUT2D eigenvalue weighted by Crippen LogP contribution is 2.06. The summed E-state index contributed by atoms with van der Waals surface area (Å²) in [7, 11) is 0. The summed E-state index contributed by atoms with van der Waals surface area (Å²) in [5.41, 5.74) is 0. The molecule has 4 nitrogen and oxygen atoms in total. The molecule has 0 aliphatic carbocycles. The van der Waals surface area contributed by atoms with Crippen LogP contribution in [-0.4, -0.2) is 47.8 Å². The van der Waals surface area contributed by atoms with E-state index in [1.807, 2.05) is 6.92 Å². The van der Waals surface area contributed by atoms with E-state index in [4.69, 9.17) is 6.42 Å². The maximum Gasteiger partial charge on any atom is 0.312 e. The average molecular weight is 208 g/mol. The second-order valence-electron chi connectivity index (χ2n) is 3.54. The fourth-order valence-electron chi connectivity index (χ4n) is 1.61. The first kappa shape index (κ1) is 11.6. The molecule has 82 valence electrons. The standard InChI is InChI=1S/C11H16N2O2/c1-3-5-7-13-9-8-12(6-4-2)10(14)11(13)15/h1H,4-9H2,2H3. The van der Waals surface area contributed by atoms with Crippen LogP contribution in [0.4, 0.5) is 0 Å². The Bertz CT molecular complexity index is 293. The van der Waals surface area contributed by atoms with Gasteiger partial charge in [-0.1, -0.05) is 6.92 Å². The van der Waals surface area contributed by atoms with Gasteiger partial charge in [0.1, 0.15) is 0 Å². The zero-order chi connectivity index (χ0) is 11.3. The highest BCUT2D eigenvalue weighted by Gasteiger charge is 2.31. The fourth-order valence-corrected chi connectivity index (χ4v) is 1.61. The van der Waals surface area contributed by atoms with Gasteiger partial charge in [-0.2, -0.15) is 0 Å². The molecule has 1 heterocycles. The smallest absolute Gasteiger partial charge is 0.312 e. The third kappa shape index (κ3) is 2.72. The molecule has 0 aromatic carbocycles. The first-order valence-electron chi connectivity index (χ1n) is 5.22. The largest absolute Gasteiger partial charge is 0.333 e. The first-order valence-corrected chi connectivity index (χ1v) is 5.22. The Labute approximate surface area is 90.2 Å². The highest BCUT2D eigenvalue weighted by atomic mass is 16.2. The predicted molar refractivity (Wildman–Crippen MR) is 56.9 cm³/mol. The van der Waals surface area contributed by atoms with Gasteiger partial charge in [-0.25, -0.2) is 0 Å². The fraction of sp³-hybridized carbons (Fsp3) is 0.636. The molecule has 1 aliphatic rings. The number of amides is 2. The van der Waals surface area contributed by atoms with Crippen LogP contribution in [0.2, 0.25) is 0 Å². The first-order chi connectivity index (χ1) is 7.20. The van der Waals surface area contributed by atoms with E-state index in [9.17, 15) is 9.59 Å². The Kier molecular flexibility index (Phi) is 4.17. The summed E-state index contributed by atoms with van der Waals surface area (Å²) >= 11 is 0. The number of nitrogens with zero attached hydrogens (tertiary/aromatic N) is 2. The molecule has 0 N–H and O–H groups in total. The topological polar surface area (TPSA) is 40.6 Å². The number of carbonyl (C=O) groups is 2. The maximum atomic E-state index is 11.6. The molecule has 0 atom stereocenters. The van der Waals surface area contributed by atoms with Gasteiger partial charge < -0.3 is 9.80 Å². The van der Waals surface area contributed by atoms with Gasteiger partial charge >= 0.3 is 11.8 Å². The van der Waals surface area contributed by atoms with E-state index in [0.717, 1.165) is 6.42 Å². The van der Waals surface area contributed by atoms with Crippen molar-refractivity contribution in [1.29, 1.82) is 0 Å². The highest BCUT2D eigenvalue weighted by molar-refractivity contribution is 6.35. The lowest BCUT2D eigenvalue weighted by Crippen LogP contribution is -2.54. The second-order valence-corrected chi connectivity index (χ2v) is 3.54. The van der Waals surface area contributed by atoms with Crippen molar-refractivity contribution in [1.82, 2.24) is 9.80 Å². The lowest BCUT2D eigenvalue weighted by atomic mass is 10.2. The summed E-state index contributed by atoms with van der Waals surface area (Å²) in [5, 5.41) is 0. The van der Waals surface area contributed by atoms with Crippen molar-refractivity contribution in [3.63, 3.8) is 0 Å². The van der Waals surface area contributed by atoms with Gasteiger partial charge in [0.05, 0.1) is 0 Å².